The third-order valence-corrected chi connectivity index (χ3v) is 5.77. The number of nitrogens with zero attached hydrogens (tertiary/aromatic N) is 3. The average Bonchev–Trinajstić information content (AvgIpc) is 3.41. The molecule has 2 aromatic carbocycles. The van der Waals surface area contributed by atoms with Crippen molar-refractivity contribution in [3.05, 3.63) is 53.7 Å². The van der Waals surface area contributed by atoms with Crippen LogP contribution in [0.3, 0.4) is 0 Å². The fourth-order valence-corrected chi connectivity index (χ4v) is 4.42. The monoisotopic (exact) mass is 423 g/mol. The molecule has 1 fully saturated rings. The Morgan fingerprint density at radius 3 is 2.19 bits per heavy atom. The van der Waals surface area contributed by atoms with E-state index < -0.39 is 35.2 Å². The molecule has 1 aromatic heterocycles. The number of aromatic nitrogens is 1. The van der Waals surface area contributed by atoms with Crippen LogP contribution in [-0.4, -0.2) is 57.8 Å². The number of hydroxylamine groups is 1. The van der Waals surface area contributed by atoms with Gasteiger partial charge in [-0.1, -0.05) is 36.4 Å². The molecule has 0 aliphatic carbocycles. The van der Waals surface area contributed by atoms with Gasteiger partial charge in [-0.15, -0.1) is 0 Å². The maximum atomic E-state index is 13.2. The molecule has 0 saturated carbocycles. The molecule has 5 rings (SSSR count). The van der Waals surface area contributed by atoms with Crippen molar-refractivity contribution in [2.45, 2.75) is 18.2 Å². The number of rotatable bonds is 3. The second-order valence-electron chi connectivity index (χ2n) is 7.24. The fraction of sp³-hybridized carbons (Fsp3) is 0.238. The quantitative estimate of drug-likeness (QED) is 0.269. The van der Waals surface area contributed by atoms with Crippen molar-refractivity contribution in [1.29, 1.82) is 0 Å². The Labute approximate surface area is 175 Å². The van der Waals surface area contributed by atoms with Crippen molar-refractivity contribution >= 4 is 45.2 Å². The number of hydrazine groups is 1. The molecular weight excluding hydrogens is 406 g/mol. The Kier molecular flexibility index (Phi) is 4.02. The van der Waals surface area contributed by atoms with E-state index in [1.54, 1.807) is 0 Å². The van der Waals surface area contributed by atoms with Crippen molar-refractivity contribution in [3.63, 3.8) is 0 Å². The number of fused-ring (bicyclic) bond motifs is 4. The largest absolute Gasteiger partial charge is 0.594 e. The van der Waals surface area contributed by atoms with Crippen molar-refractivity contribution in [2.24, 2.45) is 0 Å². The lowest BCUT2D eigenvalue weighted by Crippen LogP contribution is -2.54. The number of ketones is 1. The summed E-state index contributed by atoms with van der Waals surface area (Å²) in [4.78, 5) is 43.7. The van der Waals surface area contributed by atoms with Crippen LogP contribution in [-0.2, 0) is 28.7 Å². The third-order valence-electron chi connectivity index (χ3n) is 5.77. The molecule has 2 aliphatic heterocycles. The van der Waals surface area contributed by atoms with Gasteiger partial charge in [0, 0.05) is 17.2 Å². The van der Waals surface area contributed by atoms with E-state index in [0.717, 1.165) is 36.0 Å². The van der Waals surface area contributed by atoms with Gasteiger partial charge < -0.3 is 19.2 Å². The fourth-order valence-electron chi connectivity index (χ4n) is 4.42. The number of esters is 2. The minimum Gasteiger partial charge on any atom is -0.594 e. The summed E-state index contributed by atoms with van der Waals surface area (Å²) >= 11 is 0. The first-order chi connectivity index (χ1) is 15.0. The van der Waals surface area contributed by atoms with Gasteiger partial charge in [0.1, 0.15) is 0 Å². The lowest BCUT2D eigenvalue weighted by molar-refractivity contribution is -0.717. The average molecular weight is 423 g/mol. The Hall–Kier alpha value is -3.92. The normalized spacial score (nSPS) is 23.0. The van der Waals surface area contributed by atoms with Gasteiger partial charge in [0.25, 0.3) is 11.3 Å². The van der Waals surface area contributed by atoms with Gasteiger partial charge in [-0.3, -0.25) is 4.79 Å². The molecule has 3 aromatic rings. The molecule has 1 saturated heterocycles. The Morgan fingerprint density at radius 1 is 1.06 bits per heavy atom. The molecule has 10 heteroatoms. The zero-order valence-electron chi connectivity index (χ0n) is 16.6. The number of carbonyl (C=O) groups excluding carboxylic acids is 3. The Bertz CT molecular complexity index is 1260. The number of benzene rings is 2. The number of hydrogen-bond acceptors (Lipinski definition) is 8. The van der Waals surface area contributed by atoms with Crippen molar-refractivity contribution in [3.8, 4) is 0 Å². The van der Waals surface area contributed by atoms with E-state index >= 15 is 0 Å². The molecule has 31 heavy (non-hydrogen) atoms. The standard InChI is InChI=1S/C21H17N3O7/c1-29-19(26)17-18(25)21(20(27)30-2)11-16(31-24(21)23(17)28)22-14-9-5-3-7-12(14)13-8-4-6-10-15(13)22/h3-10,16H,11H2,1-2H3/t16-,21-/m0/s1. The molecule has 0 amide bonds. The Balaban J connectivity index is 1.71. The minimum atomic E-state index is -2.13. The minimum absolute atomic E-state index is 0.0288. The summed E-state index contributed by atoms with van der Waals surface area (Å²) in [5.74, 6) is -3.18. The van der Waals surface area contributed by atoms with Gasteiger partial charge in [-0.05, 0) is 22.2 Å². The summed E-state index contributed by atoms with van der Waals surface area (Å²) in [6, 6.07) is 15.2. The maximum absolute atomic E-state index is 13.2. The SMILES string of the molecule is COC(=O)C1=[N+]([O-])N2O[C@H](n3c4ccccc4c4ccccc43)C[C@@]2(C(=O)OC)C1=O. The van der Waals surface area contributed by atoms with E-state index in [9.17, 15) is 19.6 Å². The van der Waals surface area contributed by atoms with E-state index in [-0.39, 0.29) is 11.3 Å². The molecule has 0 radical (unpaired) electrons. The molecule has 0 N–H and O–H groups in total. The summed E-state index contributed by atoms with van der Waals surface area (Å²) in [6.07, 6.45) is -1.12. The summed E-state index contributed by atoms with van der Waals surface area (Å²) in [5, 5.41) is 15.3. The highest BCUT2D eigenvalue weighted by atomic mass is 16.8. The molecule has 0 spiro atoms. The summed E-state index contributed by atoms with van der Waals surface area (Å²) in [5.41, 5.74) is -1.36. The van der Waals surface area contributed by atoms with Crippen LogP contribution in [0, 0.1) is 5.21 Å². The molecule has 158 valence electrons. The van der Waals surface area contributed by atoms with Gasteiger partial charge in [-0.25, -0.2) is 9.59 Å². The van der Waals surface area contributed by atoms with E-state index in [1.807, 2.05) is 53.1 Å². The second-order valence-corrected chi connectivity index (χ2v) is 7.24. The topological polar surface area (TPSA) is 113 Å². The van der Waals surface area contributed by atoms with E-state index in [0.29, 0.717) is 5.17 Å². The van der Waals surface area contributed by atoms with E-state index in [1.165, 1.54) is 0 Å². The molecule has 0 bridgehead atoms. The molecule has 10 nitrogen and oxygen atoms in total. The molecular formula is C21H17N3O7. The third kappa shape index (κ3) is 2.30. The van der Waals surface area contributed by atoms with Crippen LogP contribution < -0.4 is 0 Å². The second kappa shape index (κ2) is 6.54. The number of carbonyl (C=O) groups is 3. The Morgan fingerprint density at radius 2 is 1.65 bits per heavy atom. The summed E-state index contributed by atoms with van der Waals surface area (Å²) < 4.78 is 11.2. The predicted molar refractivity (Wildman–Crippen MR) is 106 cm³/mol. The van der Waals surface area contributed by atoms with Crippen LogP contribution in [0.5, 0.6) is 0 Å². The van der Waals surface area contributed by atoms with Gasteiger partial charge in [0.15, 0.2) is 6.23 Å². The summed E-state index contributed by atoms with van der Waals surface area (Å²) in [6.45, 7) is 0. The van der Waals surface area contributed by atoms with Crippen LogP contribution >= 0.6 is 0 Å². The van der Waals surface area contributed by atoms with Crippen LogP contribution in [0.4, 0.5) is 0 Å². The zero-order chi connectivity index (χ0) is 21.9. The molecule has 2 atom stereocenters. The van der Waals surface area contributed by atoms with Crippen molar-refractivity contribution < 1.29 is 33.5 Å². The predicted octanol–water partition coefficient (Wildman–Crippen LogP) is 1.46. The zero-order valence-corrected chi connectivity index (χ0v) is 16.6. The van der Waals surface area contributed by atoms with Gasteiger partial charge in [0.2, 0.25) is 0 Å². The highest BCUT2D eigenvalue weighted by Crippen LogP contribution is 2.45. The maximum Gasteiger partial charge on any atom is 0.411 e. The first-order valence-corrected chi connectivity index (χ1v) is 9.46. The molecule has 3 heterocycles. The first kappa shape index (κ1) is 19.1. The van der Waals surface area contributed by atoms with E-state index in [2.05, 4.69) is 4.74 Å². The van der Waals surface area contributed by atoms with Gasteiger partial charge in [-0.2, -0.15) is 4.84 Å². The molecule has 0 unspecified atom stereocenters. The van der Waals surface area contributed by atoms with Crippen LogP contribution in [0.2, 0.25) is 0 Å². The number of hydrogen-bond donors (Lipinski definition) is 0. The van der Waals surface area contributed by atoms with Crippen LogP contribution in [0.15, 0.2) is 48.5 Å². The highest BCUT2D eigenvalue weighted by Gasteiger charge is 2.73. The van der Waals surface area contributed by atoms with Crippen LogP contribution in [0.1, 0.15) is 12.6 Å². The van der Waals surface area contributed by atoms with Crippen molar-refractivity contribution in [2.75, 3.05) is 14.2 Å². The smallest absolute Gasteiger partial charge is 0.411 e. The number of para-hydroxylation sites is 2. The van der Waals surface area contributed by atoms with E-state index in [4.69, 9.17) is 9.57 Å². The number of hydrazone groups is 1. The number of ether oxygens (including phenoxy) is 2. The highest BCUT2D eigenvalue weighted by molar-refractivity contribution is 6.66. The number of methoxy groups -OCH3 is 2. The van der Waals surface area contributed by atoms with Gasteiger partial charge in [0.05, 0.1) is 25.3 Å². The van der Waals surface area contributed by atoms with Crippen molar-refractivity contribution in [1.82, 2.24) is 9.74 Å². The van der Waals surface area contributed by atoms with Crippen LogP contribution in [0.25, 0.3) is 21.8 Å². The number of Topliss-reactive ketones (excluding diaryl/α,β-unsaturated/α-hetero) is 1. The first-order valence-electron chi connectivity index (χ1n) is 9.46. The lowest BCUT2D eigenvalue weighted by Gasteiger charge is -2.20. The molecule has 2 aliphatic rings. The van der Waals surface area contributed by atoms with Gasteiger partial charge >= 0.3 is 17.7 Å². The summed E-state index contributed by atoms with van der Waals surface area (Å²) in [7, 11) is 2.13. The lowest BCUT2D eigenvalue weighted by atomic mass is 9.89.